The van der Waals surface area contributed by atoms with Gasteiger partial charge in [0.25, 0.3) is 11.6 Å². The lowest BCUT2D eigenvalue weighted by Crippen LogP contribution is -2.14. The van der Waals surface area contributed by atoms with E-state index in [4.69, 9.17) is 0 Å². The number of nitro benzene ring substituents is 1. The molecule has 0 radical (unpaired) electrons. The van der Waals surface area contributed by atoms with Gasteiger partial charge in [-0.1, -0.05) is 47.7 Å². The first-order valence-corrected chi connectivity index (χ1v) is 10.6. The third kappa shape index (κ3) is 5.42. The zero-order valence-electron chi connectivity index (χ0n) is 17.9. The fourth-order valence-electron chi connectivity index (χ4n) is 2.98. The fraction of sp³-hybridized carbons (Fsp3) is 0.120. The van der Waals surface area contributed by atoms with Crippen LogP contribution in [0.25, 0.3) is 6.08 Å². The Bertz CT molecular complexity index is 1260. The summed E-state index contributed by atoms with van der Waals surface area (Å²) in [6.07, 6.45) is 1.35. The number of benzene rings is 3. The molecule has 6 nitrogen and oxygen atoms in total. The molecule has 3 aromatic rings. The molecule has 1 amide bonds. The maximum absolute atomic E-state index is 12.6. The minimum absolute atomic E-state index is 0.0865. The van der Waals surface area contributed by atoms with Crippen molar-refractivity contribution in [3.63, 3.8) is 0 Å². The first kappa shape index (κ1) is 22.8. The highest BCUT2D eigenvalue weighted by molar-refractivity contribution is 7.99. The van der Waals surface area contributed by atoms with E-state index in [1.807, 2.05) is 63.2 Å². The van der Waals surface area contributed by atoms with Crippen molar-refractivity contribution in [3.05, 3.63) is 98.6 Å². The van der Waals surface area contributed by atoms with Crippen LogP contribution in [0.15, 0.2) is 76.0 Å². The second-order valence-corrected chi connectivity index (χ2v) is 8.39. The summed E-state index contributed by atoms with van der Waals surface area (Å²) in [6, 6.07) is 19.8. The molecule has 3 rings (SSSR count). The monoisotopic (exact) mass is 443 g/mol. The molecule has 0 aromatic heterocycles. The number of nitrogens with one attached hydrogen (secondary N) is 1. The Hall–Kier alpha value is -3.89. The van der Waals surface area contributed by atoms with E-state index in [1.54, 1.807) is 18.2 Å². The van der Waals surface area contributed by atoms with Gasteiger partial charge >= 0.3 is 0 Å². The van der Waals surface area contributed by atoms with Crippen molar-refractivity contribution >= 4 is 35.1 Å². The number of rotatable bonds is 6. The van der Waals surface area contributed by atoms with Crippen molar-refractivity contribution < 1.29 is 9.72 Å². The van der Waals surface area contributed by atoms with Gasteiger partial charge in [-0.2, -0.15) is 5.26 Å². The lowest BCUT2D eigenvalue weighted by molar-refractivity contribution is -0.387. The summed E-state index contributed by atoms with van der Waals surface area (Å²) in [5, 5.41) is 23.9. The molecule has 0 fully saturated rings. The predicted molar refractivity (Wildman–Crippen MR) is 127 cm³/mol. The van der Waals surface area contributed by atoms with E-state index in [0.717, 1.165) is 21.6 Å². The molecule has 0 aliphatic carbocycles. The van der Waals surface area contributed by atoms with E-state index < -0.39 is 10.8 Å². The van der Waals surface area contributed by atoms with Gasteiger partial charge in [0.15, 0.2) is 0 Å². The van der Waals surface area contributed by atoms with Crippen LogP contribution in [0.5, 0.6) is 0 Å². The summed E-state index contributed by atoms with van der Waals surface area (Å²) in [7, 11) is 0. The van der Waals surface area contributed by atoms with Crippen LogP contribution in [0.1, 0.15) is 22.3 Å². The number of amides is 1. The van der Waals surface area contributed by atoms with E-state index in [0.29, 0.717) is 16.1 Å². The minimum atomic E-state index is -0.568. The quantitative estimate of drug-likeness (QED) is 0.211. The Morgan fingerprint density at radius 2 is 1.81 bits per heavy atom. The van der Waals surface area contributed by atoms with Gasteiger partial charge in [-0.15, -0.1) is 0 Å². The molecule has 0 atom stereocenters. The number of carbonyl (C=O) groups is 1. The van der Waals surface area contributed by atoms with Crippen LogP contribution in [0.4, 0.5) is 11.4 Å². The fourth-order valence-corrected chi connectivity index (χ4v) is 3.88. The highest BCUT2D eigenvalue weighted by Crippen LogP contribution is 2.36. The van der Waals surface area contributed by atoms with E-state index >= 15 is 0 Å². The standard InChI is InChI=1S/C25H21N3O3S/c1-16-7-10-21(11-8-16)32-24-12-9-19(14-23(24)28(30)31)13-20(15-26)25(29)27-22-6-4-5-17(2)18(22)3/h4-14H,1-3H3,(H,27,29)/b20-13-. The molecule has 0 bridgehead atoms. The molecular weight excluding hydrogens is 422 g/mol. The molecule has 0 heterocycles. The van der Waals surface area contributed by atoms with Crippen molar-refractivity contribution in [2.75, 3.05) is 5.32 Å². The zero-order valence-corrected chi connectivity index (χ0v) is 18.7. The normalized spacial score (nSPS) is 11.0. The van der Waals surface area contributed by atoms with Gasteiger partial charge < -0.3 is 5.32 Å². The van der Waals surface area contributed by atoms with Crippen LogP contribution in [-0.4, -0.2) is 10.8 Å². The second kappa shape index (κ2) is 9.94. The summed E-state index contributed by atoms with van der Waals surface area (Å²) < 4.78 is 0. The molecule has 1 N–H and O–H groups in total. The Kier molecular flexibility index (Phi) is 7.08. The van der Waals surface area contributed by atoms with Gasteiger partial charge in [-0.25, -0.2) is 0 Å². The Morgan fingerprint density at radius 3 is 2.47 bits per heavy atom. The summed E-state index contributed by atoms with van der Waals surface area (Å²) in [5.41, 5.74) is 3.82. The SMILES string of the molecule is Cc1ccc(Sc2ccc(/C=C(/C#N)C(=O)Nc3cccc(C)c3C)cc2[N+](=O)[O-])cc1. The van der Waals surface area contributed by atoms with Crippen LogP contribution < -0.4 is 5.32 Å². The second-order valence-electron chi connectivity index (χ2n) is 7.27. The summed E-state index contributed by atoms with van der Waals surface area (Å²) in [5.74, 6) is -0.568. The number of carbonyl (C=O) groups excluding carboxylic acids is 1. The summed E-state index contributed by atoms with van der Waals surface area (Å²) in [6.45, 7) is 5.79. The third-order valence-electron chi connectivity index (χ3n) is 4.96. The molecule has 7 heteroatoms. The summed E-state index contributed by atoms with van der Waals surface area (Å²) in [4.78, 5) is 25.2. The number of aryl methyl sites for hydroxylation is 2. The van der Waals surface area contributed by atoms with Crippen LogP contribution in [-0.2, 0) is 4.79 Å². The van der Waals surface area contributed by atoms with Gasteiger partial charge in [-0.05, 0) is 67.8 Å². The van der Waals surface area contributed by atoms with Gasteiger partial charge in [0.1, 0.15) is 11.6 Å². The molecule has 160 valence electrons. The maximum atomic E-state index is 12.6. The number of hydrogen-bond acceptors (Lipinski definition) is 5. The topological polar surface area (TPSA) is 96.0 Å². The molecular formula is C25H21N3O3S. The molecule has 32 heavy (non-hydrogen) atoms. The predicted octanol–water partition coefficient (Wildman–Crippen LogP) is 6.22. The first-order valence-electron chi connectivity index (χ1n) is 9.81. The van der Waals surface area contributed by atoms with E-state index in [-0.39, 0.29) is 11.3 Å². The number of nitriles is 1. The minimum Gasteiger partial charge on any atom is -0.321 e. The highest BCUT2D eigenvalue weighted by Gasteiger charge is 2.17. The average Bonchev–Trinajstić information content (AvgIpc) is 2.77. The Morgan fingerprint density at radius 1 is 1.09 bits per heavy atom. The Balaban J connectivity index is 1.88. The molecule has 0 unspecified atom stereocenters. The van der Waals surface area contributed by atoms with Gasteiger partial charge in [-0.3, -0.25) is 14.9 Å². The lowest BCUT2D eigenvalue weighted by atomic mass is 10.1. The van der Waals surface area contributed by atoms with E-state index in [1.165, 1.54) is 23.9 Å². The smallest absolute Gasteiger partial charge is 0.283 e. The van der Waals surface area contributed by atoms with Crippen LogP contribution >= 0.6 is 11.8 Å². The van der Waals surface area contributed by atoms with Crippen LogP contribution in [0.3, 0.4) is 0 Å². The lowest BCUT2D eigenvalue weighted by Gasteiger charge is -2.10. The molecule has 3 aromatic carbocycles. The molecule has 0 saturated carbocycles. The largest absolute Gasteiger partial charge is 0.321 e. The molecule has 0 aliphatic heterocycles. The number of nitrogens with zero attached hydrogens (tertiary/aromatic N) is 2. The Labute approximate surface area is 190 Å². The number of anilines is 1. The van der Waals surface area contributed by atoms with Gasteiger partial charge in [0.2, 0.25) is 0 Å². The third-order valence-corrected chi connectivity index (χ3v) is 6.03. The van der Waals surface area contributed by atoms with Crippen molar-refractivity contribution in [3.8, 4) is 6.07 Å². The number of hydrogen-bond donors (Lipinski definition) is 1. The molecule has 0 spiro atoms. The summed E-state index contributed by atoms with van der Waals surface area (Å²) >= 11 is 1.29. The number of nitro groups is 1. The molecule has 0 aliphatic rings. The zero-order chi connectivity index (χ0) is 23.3. The molecule has 0 saturated heterocycles. The van der Waals surface area contributed by atoms with Gasteiger partial charge in [0.05, 0.1) is 9.82 Å². The van der Waals surface area contributed by atoms with Crippen molar-refractivity contribution in [1.29, 1.82) is 5.26 Å². The van der Waals surface area contributed by atoms with Crippen LogP contribution in [0, 0.1) is 42.2 Å². The van der Waals surface area contributed by atoms with E-state index in [9.17, 15) is 20.2 Å². The van der Waals surface area contributed by atoms with Crippen LogP contribution in [0.2, 0.25) is 0 Å². The van der Waals surface area contributed by atoms with E-state index in [2.05, 4.69) is 5.32 Å². The van der Waals surface area contributed by atoms with Crippen molar-refractivity contribution in [2.45, 2.75) is 30.6 Å². The average molecular weight is 444 g/mol. The van der Waals surface area contributed by atoms with Crippen molar-refractivity contribution in [2.24, 2.45) is 0 Å². The van der Waals surface area contributed by atoms with Gasteiger partial charge in [0, 0.05) is 16.6 Å². The first-order chi connectivity index (χ1) is 15.3. The highest BCUT2D eigenvalue weighted by atomic mass is 32.2. The van der Waals surface area contributed by atoms with Crippen molar-refractivity contribution in [1.82, 2.24) is 0 Å². The maximum Gasteiger partial charge on any atom is 0.283 e.